The maximum Gasteiger partial charge on any atom is 0.338 e. The third-order valence-electron chi connectivity index (χ3n) is 2.71. The van der Waals surface area contributed by atoms with E-state index in [1.807, 2.05) is 0 Å². The number of nitrogens with zero attached hydrogens (tertiary/aromatic N) is 4. The predicted octanol–water partition coefficient (Wildman–Crippen LogP) is 0.525. The summed E-state index contributed by atoms with van der Waals surface area (Å²) in [5, 5.41) is 19.7. The molecule has 0 spiro atoms. The molecule has 8 heteroatoms. The Labute approximate surface area is 120 Å². The second kappa shape index (κ2) is 6.60. The zero-order valence-corrected chi connectivity index (χ0v) is 11.4. The van der Waals surface area contributed by atoms with Crippen molar-refractivity contribution in [2.75, 3.05) is 6.61 Å². The molecule has 0 unspecified atom stereocenters. The number of carboxylic acids is 1. The number of ether oxygens (including phenoxy) is 1. The lowest BCUT2D eigenvalue weighted by molar-refractivity contribution is -0.136. The molecule has 1 heterocycles. The number of carboxylic acid groups (broad SMARTS) is 1. The van der Waals surface area contributed by atoms with E-state index in [0.717, 1.165) is 5.56 Å². The van der Waals surface area contributed by atoms with E-state index >= 15 is 0 Å². The standard InChI is InChI=1S/C13H14N4O4/c1-2-21-13(20)10-5-3-9(4-6-10)8-17-11(7-12(18)19)14-15-16-17/h3-6H,2,7-8H2,1H3,(H,18,19). The van der Waals surface area contributed by atoms with Crippen LogP contribution in [0.5, 0.6) is 0 Å². The largest absolute Gasteiger partial charge is 0.481 e. The van der Waals surface area contributed by atoms with E-state index in [1.54, 1.807) is 31.2 Å². The van der Waals surface area contributed by atoms with Crippen molar-refractivity contribution in [3.05, 3.63) is 41.2 Å². The van der Waals surface area contributed by atoms with Gasteiger partial charge in [0, 0.05) is 0 Å². The summed E-state index contributed by atoms with van der Waals surface area (Å²) in [7, 11) is 0. The highest BCUT2D eigenvalue weighted by atomic mass is 16.5. The van der Waals surface area contributed by atoms with Gasteiger partial charge in [-0.3, -0.25) is 4.79 Å². The van der Waals surface area contributed by atoms with Gasteiger partial charge < -0.3 is 9.84 Å². The maximum atomic E-state index is 11.5. The first-order chi connectivity index (χ1) is 10.1. The molecular formula is C13H14N4O4. The average molecular weight is 290 g/mol. The van der Waals surface area contributed by atoms with Gasteiger partial charge in [-0.15, -0.1) is 5.10 Å². The Morgan fingerprint density at radius 2 is 2.00 bits per heavy atom. The predicted molar refractivity (Wildman–Crippen MR) is 70.7 cm³/mol. The summed E-state index contributed by atoms with van der Waals surface area (Å²) in [5.74, 6) is -1.10. The SMILES string of the molecule is CCOC(=O)c1ccc(Cn2nnnc2CC(=O)O)cc1. The molecule has 0 saturated carbocycles. The van der Waals surface area contributed by atoms with Gasteiger partial charge in [0.25, 0.3) is 0 Å². The van der Waals surface area contributed by atoms with Crippen molar-refractivity contribution >= 4 is 11.9 Å². The van der Waals surface area contributed by atoms with Crippen LogP contribution in [0.4, 0.5) is 0 Å². The van der Waals surface area contributed by atoms with Crippen LogP contribution >= 0.6 is 0 Å². The van der Waals surface area contributed by atoms with Gasteiger partial charge in [-0.2, -0.15) is 0 Å². The second-order valence-electron chi connectivity index (χ2n) is 4.24. The second-order valence-corrected chi connectivity index (χ2v) is 4.24. The molecule has 0 radical (unpaired) electrons. The van der Waals surface area contributed by atoms with Crippen LogP contribution in [-0.4, -0.2) is 43.9 Å². The van der Waals surface area contributed by atoms with Gasteiger partial charge in [0.05, 0.1) is 18.7 Å². The fourth-order valence-corrected chi connectivity index (χ4v) is 1.74. The number of esters is 1. The molecule has 0 amide bonds. The average Bonchev–Trinajstić information content (AvgIpc) is 2.86. The molecule has 8 nitrogen and oxygen atoms in total. The molecule has 0 aliphatic carbocycles. The van der Waals surface area contributed by atoms with Crippen LogP contribution in [-0.2, 0) is 22.5 Å². The topological polar surface area (TPSA) is 107 Å². The highest BCUT2D eigenvalue weighted by molar-refractivity contribution is 5.89. The van der Waals surface area contributed by atoms with Crippen LogP contribution in [0.15, 0.2) is 24.3 Å². The quantitative estimate of drug-likeness (QED) is 0.773. The fourth-order valence-electron chi connectivity index (χ4n) is 1.74. The Hall–Kier alpha value is -2.77. The normalized spacial score (nSPS) is 10.3. The molecule has 0 aliphatic heterocycles. The number of carbonyl (C=O) groups excluding carboxylic acids is 1. The lowest BCUT2D eigenvalue weighted by Gasteiger charge is -2.05. The van der Waals surface area contributed by atoms with E-state index in [1.165, 1.54) is 4.68 Å². The van der Waals surface area contributed by atoms with Crippen molar-refractivity contribution in [3.8, 4) is 0 Å². The number of hydrogen-bond donors (Lipinski definition) is 1. The van der Waals surface area contributed by atoms with Crippen LogP contribution in [0.25, 0.3) is 0 Å². The summed E-state index contributed by atoms with van der Waals surface area (Å²) in [6.07, 6.45) is -0.242. The van der Waals surface area contributed by atoms with Crippen molar-refractivity contribution in [1.82, 2.24) is 20.2 Å². The molecule has 2 aromatic rings. The summed E-state index contributed by atoms with van der Waals surface area (Å²) >= 11 is 0. The summed E-state index contributed by atoms with van der Waals surface area (Å²) in [4.78, 5) is 22.2. The van der Waals surface area contributed by atoms with Gasteiger partial charge in [-0.25, -0.2) is 9.48 Å². The van der Waals surface area contributed by atoms with Crippen LogP contribution in [0.3, 0.4) is 0 Å². The molecule has 21 heavy (non-hydrogen) atoms. The Balaban J connectivity index is 2.08. The Morgan fingerprint density at radius 1 is 1.29 bits per heavy atom. The van der Waals surface area contributed by atoms with E-state index in [2.05, 4.69) is 15.5 Å². The van der Waals surface area contributed by atoms with Crippen LogP contribution < -0.4 is 0 Å². The molecule has 0 saturated heterocycles. The molecular weight excluding hydrogens is 276 g/mol. The van der Waals surface area contributed by atoms with Gasteiger partial charge in [0.2, 0.25) is 0 Å². The van der Waals surface area contributed by atoms with Gasteiger partial charge in [-0.1, -0.05) is 12.1 Å². The van der Waals surface area contributed by atoms with Crippen LogP contribution in [0, 0.1) is 0 Å². The lowest BCUT2D eigenvalue weighted by Crippen LogP contribution is -2.11. The van der Waals surface area contributed by atoms with Crippen LogP contribution in [0.2, 0.25) is 0 Å². The molecule has 1 N–H and O–H groups in total. The Kier molecular flexibility index (Phi) is 4.60. The summed E-state index contributed by atoms with van der Waals surface area (Å²) < 4.78 is 6.30. The highest BCUT2D eigenvalue weighted by Crippen LogP contribution is 2.08. The zero-order chi connectivity index (χ0) is 15.2. The van der Waals surface area contributed by atoms with E-state index in [4.69, 9.17) is 9.84 Å². The lowest BCUT2D eigenvalue weighted by atomic mass is 10.1. The van der Waals surface area contributed by atoms with Crippen molar-refractivity contribution in [2.24, 2.45) is 0 Å². The van der Waals surface area contributed by atoms with Gasteiger partial charge >= 0.3 is 11.9 Å². The van der Waals surface area contributed by atoms with Gasteiger partial charge in [0.15, 0.2) is 5.82 Å². The van der Waals surface area contributed by atoms with E-state index in [9.17, 15) is 9.59 Å². The Bertz CT molecular complexity index is 636. The van der Waals surface area contributed by atoms with Crippen LogP contribution in [0.1, 0.15) is 28.7 Å². The monoisotopic (exact) mass is 290 g/mol. The number of rotatable bonds is 6. The van der Waals surface area contributed by atoms with E-state index in [0.29, 0.717) is 18.7 Å². The fraction of sp³-hybridized carbons (Fsp3) is 0.308. The molecule has 0 atom stereocenters. The molecule has 1 aromatic heterocycles. The number of aliphatic carboxylic acids is 1. The zero-order valence-electron chi connectivity index (χ0n) is 11.4. The molecule has 0 bridgehead atoms. The first kappa shape index (κ1) is 14.6. The van der Waals surface area contributed by atoms with E-state index in [-0.39, 0.29) is 18.2 Å². The minimum atomic E-state index is -0.997. The Morgan fingerprint density at radius 3 is 2.62 bits per heavy atom. The first-order valence-electron chi connectivity index (χ1n) is 6.33. The maximum absolute atomic E-state index is 11.5. The number of hydrogen-bond acceptors (Lipinski definition) is 6. The summed E-state index contributed by atoms with van der Waals surface area (Å²) in [5.41, 5.74) is 1.31. The molecule has 2 rings (SSSR count). The molecule has 0 aliphatic rings. The number of carbonyl (C=O) groups is 2. The van der Waals surface area contributed by atoms with Gasteiger partial charge in [0.1, 0.15) is 6.42 Å². The van der Waals surface area contributed by atoms with Crippen molar-refractivity contribution in [2.45, 2.75) is 19.9 Å². The smallest absolute Gasteiger partial charge is 0.338 e. The van der Waals surface area contributed by atoms with Crippen molar-refractivity contribution < 1.29 is 19.4 Å². The molecule has 110 valence electrons. The number of benzene rings is 1. The molecule has 0 fully saturated rings. The number of aromatic nitrogens is 4. The van der Waals surface area contributed by atoms with Crippen molar-refractivity contribution in [3.63, 3.8) is 0 Å². The third kappa shape index (κ3) is 3.85. The number of tetrazole rings is 1. The molecule has 1 aromatic carbocycles. The minimum Gasteiger partial charge on any atom is -0.481 e. The minimum absolute atomic E-state index is 0.242. The third-order valence-corrected chi connectivity index (χ3v) is 2.71. The summed E-state index contributed by atoms with van der Waals surface area (Å²) in [6, 6.07) is 6.79. The van der Waals surface area contributed by atoms with E-state index < -0.39 is 5.97 Å². The highest BCUT2D eigenvalue weighted by Gasteiger charge is 2.11. The summed E-state index contributed by atoms with van der Waals surface area (Å²) in [6.45, 7) is 2.40. The van der Waals surface area contributed by atoms with Crippen molar-refractivity contribution in [1.29, 1.82) is 0 Å². The van der Waals surface area contributed by atoms with Gasteiger partial charge in [-0.05, 0) is 35.0 Å². The first-order valence-corrected chi connectivity index (χ1v) is 6.33.